The Balaban J connectivity index is 1.85. The Hall–Kier alpha value is -4.11. The Kier molecular flexibility index (Phi) is 4.06. The first-order chi connectivity index (χ1) is 13.5. The Bertz CT molecular complexity index is 1210. The van der Waals surface area contributed by atoms with E-state index in [0.717, 1.165) is 16.7 Å². The third kappa shape index (κ3) is 2.85. The van der Waals surface area contributed by atoms with Gasteiger partial charge in [0.05, 0.1) is 17.8 Å². The highest BCUT2D eigenvalue weighted by molar-refractivity contribution is 6.22. The number of carboxylic acid groups (broad SMARTS) is 1. The van der Waals surface area contributed by atoms with Crippen molar-refractivity contribution >= 4 is 35.2 Å². The molecule has 0 saturated heterocycles. The second kappa shape index (κ2) is 6.56. The number of carboxylic acids is 1. The smallest absolute Gasteiger partial charge is 0.335 e. The van der Waals surface area contributed by atoms with Crippen LogP contribution in [0.3, 0.4) is 0 Å². The second-order valence-corrected chi connectivity index (χ2v) is 6.37. The summed E-state index contributed by atoms with van der Waals surface area (Å²) in [6.07, 6.45) is 3.30. The van der Waals surface area contributed by atoms with Gasteiger partial charge in [-0.1, -0.05) is 35.9 Å². The van der Waals surface area contributed by atoms with Crippen molar-refractivity contribution in [2.24, 2.45) is 4.99 Å². The molecule has 6 heteroatoms. The summed E-state index contributed by atoms with van der Waals surface area (Å²) in [5.41, 5.74) is 4.53. The van der Waals surface area contributed by atoms with E-state index in [1.54, 1.807) is 18.4 Å². The maximum absolute atomic E-state index is 11.1. The Morgan fingerprint density at radius 1 is 1.21 bits per heavy atom. The molecule has 136 valence electrons. The molecular formula is C22H14N2O4. The zero-order valence-electron chi connectivity index (χ0n) is 14.8. The number of aliphatic imine (C=N–C) groups is 1. The number of carbonyl (C=O) groups is 1. The minimum Gasteiger partial charge on any atom is -0.489 e. The summed E-state index contributed by atoms with van der Waals surface area (Å²) in [6, 6.07) is 12.3. The molecule has 0 atom stereocenters. The lowest BCUT2D eigenvalue weighted by Crippen LogP contribution is -1.95. The fourth-order valence-corrected chi connectivity index (χ4v) is 3.11. The lowest BCUT2D eigenvalue weighted by Gasteiger charge is -2.04. The van der Waals surface area contributed by atoms with Crippen molar-refractivity contribution in [3.8, 4) is 17.1 Å². The Morgan fingerprint density at radius 3 is 2.64 bits per heavy atom. The maximum atomic E-state index is 11.1. The first-order valence-corrected chi connectivity index (χ1v) is 8.41. The van der Waals surface area contributed by atoms with Gasteiger partial charge in [-0.15, -0.1) is 0 Å². The highest BCUT2D eigenvalue weighted by Crippen LogP contribution is 2.45. The summed E-state index contributed by atoms with van der Waals surface area (Å²) in [4.78, 5) is 18.8. The van der Waals surface area contributed by atoms with Crippen LogP contribution in [0.4, 0.5) is 11.4 Å². The SMILES string of the molecule is [C-]#[N+]c1c(O)oc(C=C2C=Nc3cc(C(=O)O)ccc32)c1-c1ccc(C)cc1. The van der Waals surface area contributed by atoms with Crippen LogP contribution in [0.5, 0.6) is 5.95 Å². The van der Waals surface area contributed by atoms with E-state index in [-0.39, 0.29) is 11.3 Å². The fraction of sp³-hybridized carbons (Fsp3) is 0.0455. The van der Waals surface area contributed by atoms with E-state index in [1.165, 1.54) is 12.1 Å². The van der Waals surface area contributed by atoms with Gasteiger partial charge in [-0.05, 0) is 30.7 Å². The van der Waals surface area contributed by atoms with Crippen LogP contribution in [0, 0.1) is 13.5 Å². The molecule has 2 aromatic carbocycles. The van der Waals surface area contributed by atoms with Crippen LogP contribution >= 0.6 is 0 Å². The van der Waals surface area contributed by atoms with Gasteiger partial charge in [-0.2, -0.15) is 0 Å². The minimum atomic E-state index is -1.02. The molecule has 3 aromatic rings. The van der Waals surface area contributed by atoms with Crippen LogP contribution in [0.25, 0.3) is 27.6 Å². The summed E-state index contributed by atoms with van der Waals surface area (Å²) in [5, 5.41) is 19.2. The molecule has 6 nitrogen and oxygen atoms in total. The average molecular weight is 370 g/mol. The van der Waals surface area contributed by atoms with Crippen molar-refractivity contribution in [1.82, 2.24) is 0 Å². The number of aromatic hydroxyl groups is 1. The van der Waals surface area contributed by atoms with E-state index >= 15 is 0 Å². The minimum absolute atomic E-state index is 0.0482. The van der Waals surface area contributed by atoms with Crippen LogP contribution < -0.4 is 0 Å². The average Bonchev–Trinajstić information content (AvgIpc) is 3.22. The topological polar surface area (TPSA) is 87.4 Å². The highest BCUT2D eigenvalue weighted by atomic mass is 16.5. The standard InChI is InChI=1S/C22H14N2O4/c1-12-3-5-13(6-4-12)19-18(28-22(27)20(19)23-2)10-15-11-24-17-9-14(21(25)26)7-8-16(15)17/h3-11,27H,1H3,(H,25,26). The maximum Gasteiger partial charge on any atom is 0.335 e. The van der Waals surface area contributed by atoms with Gasteiger partial charge in [0, 0.05) is 22.9 Å². The van der Waals surface area contributed by atoms with Crippen LogP contribution in [-0.2, 0) is 0 Å². The van der Waals surface area contributed by atoms with E-state index in [4.69, 9.17) is 16.1 Å². The van der Waals surface area contributed by atoms with Crippen molar-refractivity contribution in [2.45, 2.75) is 6.92 Å². The number of benzene rings is 2. The van der Waals surface area contributed by atoms with Gasteiger partial charge < -0.3 is 14.6 Å². The molecule has 2 N–H and O–H groups in total. The van der Waals surface area contributed by atoms with Crippen molar-refractivity contribution < 1.29 is 19.4 Å². The van der Waals surface area contributed by atoms with Gasteiger partial charge >= 0.3 is 5.97 Å². The Labute approximate surface area is 160 Å². The number of allylic oxidation sites excluding steroid dienone is 1. The fourth-order valence-electron chi connectivity index (χ4n) is 3.11. The molecule has 0 amide bonds. The third-order valence-electron chi connectivity index (χ3n) is 4.53. The molecule has 0 spiro atoms. The van der Waals surface area contributed by atoms with Crippen molar-refractivity contribution in [1.29, 1.82) is 0 Å². The largest absolute Gasteiger partial charge is 0.489 e. The van der Waals surface area contributed by atoms with Crippen LogP contribution in [0.15, 0.2) is 51.9 Å². The third-order valence-corrected chi connectivity index (χ3v) is 4.53. The van der Waals surface area contributed by atoms with Gasteiger partial charge in [-0.3, -0.25) is 4.99 Å². The number of nitrogens with zero attached hydrogens (tertiary/aromatic N) is 2. The zero-order valence-corrected chi connectivity index (χ0v) is 14.8. The van der Waals surface area contributed by atoms with E-state index < -0.39 is 11.9 Å². The van der Waals surface area contributed by atoms with E-state index in [2.05, 4.69) is 9.84 Å². The van der Waals surface area contributed by atoms with Gasteiger partial charge in [0.25, 0.3) is 11.6 Å². The first-order valence-electron chi connectivity index (χ1n) is 8.41. The predicted octanol–water partition coefficient (Wildman–Crippen LogP) is 5.47. The lowest BCUT2D eigenvalue weighted by atomic mass is 10.00. The number of hydrogen-bond acceptors (Lipinski definition) is 4. The number of aromatic carboxylic acids is 1. The van der Waals surface area contributed by atoms with Crippen molar-refractivity contribution in [3.05, 3.63) is 76.3 Å². The van der Waals surface area contributed by atoms with Crippen LogP contribution in [0.2, 0.25) is 0 Å². The quantitative estimate of drug-likeness (QED) is 0.599. The van der Waals surface area contributed by atoms with E-state index in [1.807, 2.05) is 31.2 Å². The van der Waals surface area contributed by atoms with Gasteiger partial charge in [-0.25, -0.2) is 9.64 Å². The molecule has 1 aliphatic heterocycles. The molecule has 0 bridgehead atoms. The molecular weight excluding hydrogens is 356 g/mol. The van der Waals surface area contributed by atoms with Gasteiger partial charge in [0.1, 0.15) is 5.76 Å². The van der Waals surface area contributed by atoms with Crippen LogP contribution in [0.1, 0.15) is 27.2 Å². The summed E-state index contributed by atoms with van der Waals surface area (Å²) in [6.45, 7) is 9.36. The van der Waals surface area contributed by atoms with Crippen molar-refractivity contribution in [2.75, 3.05) is 0 Å². The summed E-state index contributed by atoms with van der Waals surface area (Å²) >= 11 is 0. The molecule has 4 rings (SSSR count). The summed E-state index contributed by atoms with van der Waals surface area (Å²) < 4.78 is 5.47. The molecule has 0 fully saturated rings. The molecule has 0 unspecified atom stereocenters. The Morgan fingerprint density at radius 2 is 1.96 bits per heavy atom. The van der Waals surface area contributed by atoms with E-state index in [9.17, 15) is 9.90 Å². The zero-order chi connectivity index (χ0) is 19.8. The molecule has 0 aliphatic carbocycles. The molecule has 0 radical (unpaired) electrons. The second-order valence-electron chi connectivity index (χ2n) is 6.37. The number of hydrogen-bond donors (Lipinski definition) is 2. The summed E-state index contributed by atoms with van der Waals surface area (Å²) in [7, 11) is 0. The molecule has 1 aromatic heterocycles. The first kappa shape index (κ1) is 17.3. The number of furan rings is 1. The van der Waals surface area contributed by atoms with Crippen molar-refractivity contribution in [3.63, 3.8) is 0 Å². The molecule has 28 heavy (non-hydrogen) atoms. The summed E-state index contributed by atoms with van der Waals surface area (Å²) in [5.74, 6) is -1.12. The van der Waals surface area contributed by atoms with Gasteiger partial charge in [0.15, 0.2) is 0 Å². The molecule has 1 aliphatic rings. The number of fused-ring (bicyclic) bond motifs is 1. The van der Waals surface area contributed by atoms with E-state index in [0.29, 0.717) is 22.6 Å². The normalized spacial score (nSPS) is 13.5. The number of aryl methyl sites for hydroxylation is 1. The van der Waals surface area contributed by atoms with Gasteiger partial charge in [0.2, 0.25) is 0 Å². The number of rotatable bonds is 3. The monoisotopic (exact) mass is 370 g/mol. The van der Waals surface area contributed by atoms with Crippen LogP contribution in [-0.4, -0.2) is 22.4 Å². The predicted molar refractivity (Wildman–Crippen MR) is 106 cm³/mol. The highest BCUT2D eigenvalue weighted by Gasteiger charge is 2.22. The molecule has 2 heterocycles. The molecule has 0 saturated carbocycles. The lowest BCUT2D eigenvalue weighted by molar-refractivity contribution is 0.0697.